The Morgan fingerprint density at radius 1 is 1.36 bits per heavy atom. The zero-order valence-corrected chi connectivity index (χ0v) is 5.78. The normalized spacial score (nSPS) is 11.5. The van der Waals surface area contributed by atoms with Crippen molar-refractivity contribution in [1.82, 2.24) is 4.98 Å². The van der Waals surface area contributed by atoms with Crippen LogP contribution in [0.25, 0.3) is 10.9 Å². The quantitative estimate of drug-likeness (QED) is 0.616. The van der Waals surface area contributed by atoms with Crippen molar-refractivity contribution in [2.24, 2.45) is 0 Å². The van der Waals surface area contributed by atoms with Crippen LogP contribution in [0.15, 0.2) is 36.5 Å². The van der Waals surface area contributed by atoms with Crippen molar-refractivity contribution in [3.05, 3.63) is 36.5 Å². The van der Waals surface area contributed by atoms with Gasteiger partial charge < -0.3 is 5.11 Å². The molecule has 0 amide bonds. The summed E-state index contributed by atoms with van der Waals surface area (Å²) in [5, 5.41) is 10.1. The Balaban J connectivity index is 2.80. The van der Waals surface area contributed by atoms with Crippen molar-refractivity contribution in [3.8, 4) is 5.75 Å². The number of pyridine rings is 1. The largest absolute Gasteiger partial charge is 0.508 e. The number of phenolic OH excluding ortho intramolecular Hbond substituents is 1. The third-order valence-corrected chi connectivity index (χ3v) is 1.54. The molecule has 1 N–H and O–H groups in total. The van der Waals surface area contributed by atoms with E-state index in [-0.39, 0.29) is 11.9 Å². The van der Waals surface area contributed by atoms with Gasteiger partial charge in [-0.2, -0.15) is 0 Å². The Labute approximate surface area is 65.5 Å². The molecular weight excluding hydrogens is 138 g/mol. The molecule has 0 spiro atoms. The summed E-state index contributed by atoms with van der Waals surface area (Å²) in [4.78, 5) is 3.94. The van der Waals surface area contributed by atoms with Crippen LogP contribution in [0.4, 0.5) is 0 Å². The minimum atomic E-state index is 0.181. The van der Waals surface area contributed by atoms with Crippen LogP contribution >= 0.6 is 0 Å². The minimum Gasteiger partial charge on any atom is -0.508 e. The van der Waals surface area contributed by atoms with Gasteiger partial charge in [0, 0.05) is 17.6 Å². The molecule has 11 heavy (non-hydrogen) atoms. The van der Waals surface area contributed by atoms with Gasteiger partial charge in [0.15, 0.2) is 0 Å². The molecule has 0 saturated carbocycles. The second kappa shape index (κ2) is 2.23. The number of rotatable bonds is 0. The van der Waals surface area contributed by atoms with Gasteiger partial charge in [0.05, 0.1) is 6.89 Å². The molecule has 0 aliphatic rings. The van der Waals surface area contributed by atoms with Crippen molar-refractivity contribution in [2.75, 3.05) is 0 Å². The fraction of sp³-hybridized carbons (Fsp3) is 0. The molecule has 54 valence electrons. The third kappa shape index (κ3) is 1.03. The first-order valence-corrected chi connectivity index (χ1v) is 3.32. The van der Waals surface area contributed by atoms with Crippen LogP contribution < -0.4 is 0 Å². The van der Waals surface area contributed by atoms with Gasteiger partial charge in [-0.1, -0.05) is 6.07 Å². The van der Waals surface area contributed by atoms with Gasteiger partial charge >= 0.3 is 0 Å². The van der Waals surface area contributed by atoms with Crippen molar-refractivity contribution < 1.29 is 6.48 Å². The molecule has 0 aliphatic carbocycles. The predicted octanol–water partition coefficient (Wildman–Crippen LogP) is 1.94. The number of nitrogens with zero attached hydrogens (tertiary/aromatic N) is 1. The van der Waals surface area contributed by atoms with E-state index in [1.54, 1.807) is 24.3 Å². The maximum absolute atomic E-state index is 9.12. The lowest BCUT2D eigenvalue weighted by molar-refractivity contribution is 0.476. The molecule has 0 atom stereocenters. The van der Waals surface area contributed by atoms with Crippen LogP contribution in [-0.4, -0.2) is 10.1 Å². The summed E-state index contributed by atoms with van der Waals surface area (Å²) in [5.74, 6) is 0.181. The maximum Gasteiger partial charge on any atom is 0.117 e. The van der Waals surface area contributed by atoms with Crippen molar-refractivity contribution in [3.63, 3.8) is 0 Å². The van der Waals surface area contributed by atoms with E-state index < -0.39 is 0 Å². The molecule has 0 saturated heterocycles. The number of hydrogen-bond acceptors (Lipinski definition) is 2. The number of fused-ring (bicyclic) bond motifs is 1. The Morgan fingerprint density at radius 3 is 3.18 bits per heavy atom. The molecule has 0 bridgehead atoms. The zero-order chi connectivity index (χ0) is 8.55. The molecule has 2 aromatic rings. The van der Waals surface area contributed by atoms with Gasteiger partial charge in [0.25, 0.3) is 0 Å². The van der Waals surface area contributed by atoms with Gasteiger partial charge in [0.1, 0.15) is 5.75 Å². The highest BCUT2D eigenvalue weighted by Crippen LogP contribution is 2.16. The first-order chi connectivity index (χ1) is 5.75. The Hall–Kier alpha value is -1.57. The molecule has 2 nitrogen and oxygen atoms in total. The van der Waals surface area contributed by atoms with E-state index in [2.05, 4.69) is 4.98 Å². The van der Waals surface area contributed by atoms with Gasteiger partial charge in [0.2, 0.25) is 0 Å². The van der Waals surface area contributed by atoms with Crippen LogP contribution in [0, 0.1) is 0 Å². The number of benzene rings is 1. The molecule has 0 aliphatic heterocycles. The maximum atomic E-state index is 9.12. The minimum absolute atomic E-state index is 0.181. The Morgan fingerprint density at radius 2 is 2.27 bits per heavy atom. The summed E-state index contributed by atoms with van der Waals surface area (Å²) < 4.78 is 7.25. The molecule has 0 unspecified atom stereocenters. The predicted molar refractivity (Wildman–Crippen MR) is 43.4 cm³/mol. The molecule has 0 radical (unpaired) electrons. The van der Waals surface area contributed by atoms with Crippen LogP contribution in [-0.2, 0) is 0 Å². The molecule has 1 heterocycles. The fourth-order valence-electron chi connectivity index (χ4n) is 1.00. The molecule has 0 fully saturated rings. The SMILES string of the molecule is [2H]c1ccc2ccc(O)cc2n1. The monoisotopic (exact) mass is 146 g/mol. The average Bonchev–Trinajstić information content (AvgIpc) is 2.03. The summed E-state index contributed by atoms with van der Waals surface area (Å²) in [6.45, 7) is 0. The van der Waals surface area contributed by atoms with Crippen LogP contribution in [0.5, 0.6) is 5.75 Å². The fourth-order valence-corrected chi connectivity index (χ4v) is 1.00. The molecule has 1 aromatic carbocycles. The second-order valence-electron chi connectivity index (χ2n) is 2.32. The van der Waals surface area contributed by atoms with Gasteiger partial charge in [-0.15, -0.1) is 0 Å². The number of hydrogen-bond donors (Lipinski definition) is 1. The van der Waals surface area contributed by atoms with E-state index in [1.165, 1.54) is 0 Å². The van der Waals surface area contributed by atoms with E-state index in [9.17, 15) is 0 Å². The Bertz CT molecular complexity index is 391. The molecule has 1 aromatic heterocycles. The van der Waals surface area contributed by atoms with Gasteiger partial charge in [-0.05, 0) is 18.2 Å². The second-order valence-corrected chi connectivity index (χ2v) is 2.32. The summed E-state index contributed by atoms with van der Waals surface area (Å²) in [6.07, 6.45) is 0.216. The molecule has 2 rings (SSSR count). The summed E-state index contributed by atoms with van der Waals surface area (Å²) in [5.41, 5.74) is 0.655. The summed E-state index contributed by atoms with van der Waals surface area (Å²) in [7, 11) is 0. The van der Waals surface area contributed by atoms with Crippen LogP contribution in [0.2, 0.25) is 0 Å². The topological polar surface area (TPSA) is 33.1 Å². The average molecular weight is 146 g/mol. The molecule has 2 heteroatoms. The van der Waals surface area contributed by atoms with Gasteiger partial charge in [-0.25, -0.2) is 0 Å². The number of aromatic hydroxyl groups is 1. The zero-order valence-electron chi connectivity index (χ0n) is 6.78. The smallest absolute Gasteiger partial charge is 0.117 e. The summed E-state index contributed by atoms with van der Waals surface area (Å²) in [6, 6.07) is 8.36. The Kier molecular flexibility index (Phi) is 1.04. The first kappa shape index (κ1) is 5.13. The number of aromatic nitrogens is 1. The van der Waals surface area contributed by atoms with Crippen LogP contribution in [0.3, 0.4) is 0 Å². The van der Waals surface area contributed by atoms with E-state index in [4.69, 9.17) is 6.48 Å². The first-order valence-electron chi connectivity index (χ1n) is 3.82. The highest BCUT2D eigenvalue weighted by atomic mass is 16.3. The number of phenols is 1. The van der Waals surface area contributed by atoms with Crippen LogP contribution in [0.1, 0.15) is 1.37 Å². The van der Waals surface area contributed by atoms with Crippen molar-refractivity contribution in [1.29, 1.82) is 0 Å². The molecular formula is C9H7NO. The van der Waals surface area contributed by atoms with E-state index in [0.717, 1.165) is 5.39 Å². The van der Waals surface area contributed by atoms with E-state index in [0.29, 0.717) is 5.52 Å². The highest BCUT2D eigenvalue weighted by molar-refractivity contribution is 5.79. The lowest BCUT2D eigenvalue weighted by Gasteiger charge is -1.95. The van der Waals surface area contributed by atoms with Gasteiger partial charge in [-0.3, -0.25) is 4.98 Å². The van der Waals surface area contributed by atoms with Crippen molar-refractivity contribution >= 4 is 10.9 Å². The van der Waals surface area contributed by atoms with E-state index >= 15 is 0 Å². The standard InChI is InChI=1S/C9H7NO/c11-8-4-3-7-2-1-5-10-9(7)6-8/h1-6,11H/i5D. The summed E-state index contributed by atoms with van der Waals surface area (Å²) >= 11 is 0. The van der Waals surface area contributed by atoms with Crippen molar-refractivity contribution in [2.45, 2.75) is 0 Å². The lowest BCUT2D eigenvalue weighted by atomic mass is 10.2. The highest BCUT2D eigenvalue weighted by Gasteiger charge is 1.92. The van der Waals surface area contributed by atoms with E-state index in [1.807, 2.05) is 6.07 Å². The third-order valence-electron chi connectivity index (χ3n) is 1.54. The lowest BCUT2D eigenvalue weighted by Crippen LogP contribution is -1.75.